The van der Waals surface area contributed by atoms with Crippen LogP contribution in [0.4, 0.5) is 0 Å². The standard InChI is InChI=1S/C11H19N3O4S/c1-19(15,16)8-10-13-11(18-14-10)4-7-17-9-2-5-12-6-3-9/h9,12H,2-8H2,1H3. The molecule has 2 heterocycles. The molecule has 0 amide bonds. The van der Waals surface area contributed by atoms with Crippen molar-refractivity contribution in [3.05, 3.63) is 11.7 Å². The van der Waals surface area contributed by atoms with Gasteiger partial charge in [-0.05, 0) is 25.9 Å². The highest BCUT2D eigenvalue weighted by Gasteiger charge is 2.15. The molecule has 1 aliphatic heterocycles. The van der Waals surface area contributed by atoms with Crippen LogP contribution in [0, 0.1) is 0 Å². The maximum Gasteiger partial charge on any atom is 0.228 e. The first-order valence-corrected chi connectivity index (χ1v) is 8.40. The molecular weight excluding hydrogens is 270 g/mol. The lowest BCUT2D eigenvalue weighted by molar-refractivity contribution is 0.0322. The van der Waals surface area contributed by atoms with Crippen molar-refractivity contribution in [3.63, 3.8) is 0 Å². The Hall–Kier alpha value is -0.990. The molecule has 0 saturated carbocycles. The third kappa shape index (κ3) is 5.25. The van der Waals surface area contributed by atoms with E-state index < -0.39 is 9.84 Å². The second-order valence-electron chi connectivity index (χ2n) is 4.74. The lowest BCUT2D eigenvalue weighted by atomic mass is 10.1. The predicted molar refractivity (Wildman–Crippen MR) is 68.4 cm³/mol. The minimum absolute atomic E-state index is 0.189. The molecule has 1 aliphatic rings. The minimum Gasteiger partial charge on any atom is -0.378 e. The maximum absolute atomic E-state index is 11.1. The summed E-state index contributed by atoms with van der Waals surface area (Å²) in [6.45, 7) is 2.50. The van der Waals surface area contributed by atoms with Crippen LogP contribution in [0.15, 0.2) is 4.52 Å². The smallest absolute Gasteiger partial charge is 0.228 e. The predicted octanol–water partition coefficient (Wildman–Crippen LogP) is -0.0747. The molecule has 2 rings (SSSR count). The normalized spacial score (nSPS) is 17.7. The highest BCUT2D eigenvalue weighted by molar-refractivity contribution is 7.89. The van der Waals surface area contributed by atoms with Gasteiger partial charge in [0, 0.05) is 6.26 Å². The SMILES string of the molecule is CS(=O)(=O)Cc1noc(CCOC2CCNCC2)n1. The number of aromatic nitrogens is 2. The van der Waals surface area contributed by atoms with Crippen LogP contribution in [0.25, 0.3) is 0 Å². The molecule has 0 atom stereocenters. The molecule has 1 saturated heterocycles. The zero-order valence-electron chi connectivity index (χ0n) is 11.0. The highest BCUT2D eigenvalue weighted by Crippen LogP contribution is 2.08. The summed E-state index contributed by atoms with van der Waals surface area (Å²) in [5.41, 5.74) is 0. The molecule has 1 fully saturated rings. The van der Waals surface area contributed by atoms with Gasteiger partial charge in [0.15, 0.2) is 15.7 Å². The van der Waals surface area contributed by atoms with Crippen LogP contribution in [0.3, 0.4) is 0 Å². The summed E-state index contributed by atoms with van der Waals surface area (Å²) in [7, 11) is -3.12. The zero-order chi connectivity index (χ0) is 13.7. The zero-order valence-corrected chi connectivity index (χ0v) is 11.8. The fourth-order valence-corrected chi connectivity index (χ4v) is 2.55. The van der Waals surface area contributed by atoms with Gasteiger partial charge in [-0.2, -0.15) is 4.98 Å². The van der Waals surface area contributed by atoms with E-state index in [2.05, 4.69) is 15.5 Å². The number of nitrogens with zero attached hydrogens (tertiary/aromatic N) is 2. The first kappa shape index (κ1) is 14.4. The molecule has 0 bridgehead atoms. The van der Waals surface area contributed by atoms with Crippen LogP contribution in [0.1, 0.15) is 24.6 Å². The molecule has 0 aromatic carbocycles. The van der Waals surface area contributed by atoms with Crippen LogP contribution >= 0.6 is 0 Å². The van der Waals surface area contributed by atoms with Crippen molar-refractivity contribution in [2.75, 3.05) is 26.0 Å². The fraction of sp³-hybridized carbons (Fsp3) is 0.818. The van der Waals surface area contributed by atoms with Crippen molar-refractivity contribution in [2.24, 2.45) is 0 Å². The molecule has 8 heteroatoms. The van der Waals surface area contributed by atoms with Crippen LogP contribution in [0.5, 0.6) is 0 Å². The Bertz CT molecular complexity index is 494. The molecule has 0 radical (unpaired) electrons. The van der Waals surface area contributed by atoms with Crippen molar-refractivity contribution in [1.82, 2.24) is 15.5 Å². The Morgan fingerprint density at radius 1 is 1.42 bits per heavy atom. The summed E-state index contributed by atoms with van der Waals surface area (Å²) in [5.74, 6) is 0.443. The molecule has 7 nitrogen and oxygen atoms in total. The minimum atomic E-state index is -3.12. The highest BCUT2D eigenvalue weighted by atomic mass is 32.2. The van der Waals surface area contributed by atoms with E-state index in [1.807, 2.05) is 0 Å². The first-order chi connectivity index (χ1) is 9.03. The Balaban J connectivity index is 1.74. The number of hydrogen-bond donors (Lipinski definition) is 1. The van der Waals surface area contributed by atoms with Crippen molar-refractivity contribution in [3.8, 4) is 0 Å². The van der Waals surface area contributed by atoms with E-state index in [1.54, 1.807) is 0 Å². The largest absolute Gasteiger partial charge is 0.378 e. The monoisotopic (exact) mass is 289 g/mol. The summed E-state index contributed by atoms with van der Waals surface area (Å²) in [6.07, 6.45) is 3.98. The van der Waals surface area contributed by atoms with Gasteiger partial charge in [-0.3, -0.25) is 0 Å². The molecule has 1 N–H and O–H groups in total. The van der Waals surface area contributed by atoms with Crippen LogP contribution in [-0.4, -0.2) is 50.6 Å². The van der Waals surface area contributed by atoms with Gasteiger partial charge in [0.2, 0.25) is 5.89 Å². The van der Waals surface area contributed by atoms with Crippen LogP contribution < -0.4 is 5.32 Å². The van der Waals surface area contributed by atoms with Gasteiger partial charge in [-0.15, -0.1) is 0 Å². The van der Waals surface area contributed by atoms with Crippen molar-refractivity contribution in [2.45, 2.75) is 31.1 Å². The molecule has 0 unspecified atom stereocenters. The number of rotatable bonds is 6. The van der Waals surface area contributed by atoms with Gasteiger partial charge >= 0.3 is 0 Å². The number of ether oxygens (including phenoxy) is 1. The average Bonchev–Trinajstić information content (AvgIpc) is 2.76. The molecule has 19 heavy (non-hydrogen) atoms. The molecular formula is C11H19N3O4S. The second kappa shape index (κ2) is 6.44. The van der Waals surface area contributed by atoms with E-state index in [-0.39, 0.29) is 11.6 Å². The van der Waals surface area contributed by atoms with E-state index in [9.17, 15) is 8.42 Å². The Morgan fingerprint density at radius 3 is 2.84 bits per heavy atom. The third-order valence-corrected chi connectivity index (χ3v) is 3.64. The lowest BCUT2D eigenvalue weighted by Gasteiger charge is -2.22. The average molecular weight is 289 g/mol. The number of sulfone groups is 1. The Kier molecular flexibility index (Phi) is 4.89. The van der Waals surface area contributed by atoms with Gasteiger partial charge < -0.3 is 14.6 Å². The van der Waals surface area contributed by atoms with Crippen LogP contribution in [0.2, 0.25) is 0 Å². The second-order valence-corrected chi connectivity index (χ2v) is 6.88. The summed E-state index contributed by atoms with van der Waals surface area (Å²) >= 11 is 0. The third-order valence-electron chi connectivity index (χ3n) is 2.86. The lowest BCUT2D eigenvalue weighted by Crippen LogP contribution is -2.32. The molecule has 0 aliphatic carbocycles. The first-order valence-electron chi connectivity index (χ1n) is 6.34. The molecule has 1 aromatic heterocycles. The van der Waals surface area contributed by atoms with E-state index >= 15 is 0 Å². The number of piperidine rings is 1. The summed E-state index contributed by atoms with van der Waals surface area (Å²) < 4.78 is 32.8. The summed E-state index contributed by atoms with van der Waals surface area (Å²) in [4.78, 5) is 4.03. The molecule has 1 aromatic rings. The van der Waals surface area contributed by atoms with E-state index in [0.29, 0.717) is 25.0 Å². The Morgan fingerprint density at radius 2 is 2.16 bits per heavy atom. The molecule has 0 spiro atoms. The summed E-state index contributed by atoms with van der Waals surface area (Å²) in [5, 5.41) is 6.91. The number of nitrogens with one attached hydrogen (secondary N) is 1. The van der Waals surface area contributed by atoms with Crippen molar-refractivity contribution < 1.29 is 17.7 Å². The quantitative estimate of drug-likeness (QED) is 0.783. The van der Waals surface area contributed by atoms with Gasteiger partial charge in [0.25, 0.3) is 0 Å². The van der Waals surface area contributed by atoms with E-state index in [0.717, 1.165) is 32.2 Å². The van der Waals surface area contributed by atoms with Gasteiger partial charge in [0.05, 0.1) is 19.1 Å². The van der Waals surface area contributed by atoms with Crippen LogP contribution in [-0.2, 0) is 26.7 Å². The van der Waals surface area contributed by atoms with E-state index in [4.69, 9.17) is 9.26 Å². The van der Waals surface area contributed by atoms with Gasteiger partial charge in [-0.25, -0.2) is 8.42 Å². The molecule has 108 valence electrons. The fourth-order valence-electron chi connectivity index (χ4n) is 1.96. The maximum atomic E-state index is 11.1. The van der Waals surface area contributed by atoms with Gasteiger partial charge in [0.1, 0.15) is 5.75 Å². The number of hydrogen-bond acceptors (Lipinski definition) is 7. The Labute approximate surface area is 112 Å². The topological polar surface area (TPSA) is 94.3 Å². The van der Waals surface area contributed by atoms with Crippen molar-refractivity contribution >= 4 is 9.84 Å². The van der Waals surface area contributed by atoms with E-state index in [1.165, 1.54) is 0 Å². The van der Waals surface area contributed by atoms with Gasteiger partial charge in [-0.1, -0.05) is 5.16 Å². The van der Waals surface area contributed by atoms with Crippen molar-refractivity contribution in [1.29, 1.82) is 0 Å². The summed E-state index contributed by atoms with van der Waals surface area (Å²) in [6, 6.07) is 0.